The smallest absolute Gasteiger partial charge is 0.249 e. The third kappa shape index (κ3) is 2.33. The van der Waals surface area contributed by atoms with E-state index in [2.05, 4.69) is 26.1 Å². The Labute approximate surface area is 105 Å². The zero-order valence-corrected chi connectivity index (χ0v) is 10.5. The molecule has 0 aliphatic carbocycles. The lowest BCUT2D eigenvalue weighted by molar-refractivity contribution is 0.527. The van der Waals surface area contributed by atoms with Gasteiger partial charge in [0.25, 0.3) is 0 Å². The SMILES string of the molecule is ClCc1nnc(-c2cc(Br)ccc2Cl)o1. The molecule has 0 aliphatic rings. The van der Waals surface area contributed by atoms with Crippen molar-refractivity contribution in [3.8, 4) is 11.5 Å². The van der Waals surface area contributed by atoms with Gasteiger partial charge in [0.1, 0.15) is 5.88 Å². The molecule has 0 atom stereocenters. The summed E-state index contributed by atoms with van der Waals surface area (Å²) in [6.07, 6.45) is 0. The maximum atomic E-state index is 6.00. The van der Waals surface area contributed by atoms with Gasteiger partial charge in [-0.1, -0.05) is 27.5 Å². The Morgan fingerprint density at radius 3 is 2.80 bits per heavy atom. The fraction of sp³-hybridized carbons (Fsp3) is 0.111. The summed E-state index contributed by atoms with van der Waals surface area (Å²) in [7, 11) is 0. The minimum absolute atomic E-state index is 0.193. The quantitative estimate of drug-likeness (QED) is 0.790. The highest BCUT2D eigenvalue weighted by Gasteiger charge is 2.11. The van der Waals surface area contributed by atoms with E-state index in [-0.39, 0.29) is 5.88 Å². The Morgan fingerprint density at radius 2 is 2.13 bits per heavy atom. The third-order valence-corrected chi connectivity index (χ3v) is 2.79. The van der Waals surface area contributed by atoms with Gasteiger partial charge in [-0.15, -0.1) is 21.8 Å². The van der Waals surface area contributed by atoms with E-state index < -0.39 is 0 Å². The minimum Gasteiger partial charge on any atom is -0.419 e. The molecule has 0 fully saturated rings. The topological polar surface area (TPSA) is 38.9 Å². The van der Waals surface area contributed by atoms with Crippen LogP contribution >= 0.6 is 39.1 Å². The lowest BCUT2D eigenvalue weighted by Crippen LogP contribution is -1.80. The molecule has 15 heavy (non-hydrogen) atoms. The number of halogens is 3. The summed E-state index contributed by atoms with van der Waals surface area (Å²) in [4.78, 5) is 0. The average Bonchev–Trinajstić information content (AvgIpc) is 2.70. The number of hydrogen-bond acceptors (Lipinski definition) is 3. The summed E-state index contributed by atoms with van der Waals surface area (Å²) < 4.78 is 6.19. The molecule has 0 bridgehead atoms. The molecule has 1 heterocycles. The van der Waals surface area contributed by atoms with E-state index in [0.29, 0.717) is 22.4 Å². The number of hydrogen-bond donors (Lipinski definition) is 0. The molecule has 3 nitrogen and oxygen atoms in total. The van der Waals surface area contributed by atoms with Crippen molar-refractivity contribution in [2.45, 2.75) is 5.88 Å². The van der Waals surface area contributed by atoms with E-state index in [1.54, 1.807) is 6.07 Å². The van der Waals surface area contributed by atoms with Gasteiger partial charge in [0.15, 0.2) is 0 Å². The number of rotatable bonds is 2. The number of nitrogens with zero attached hydrogens (tertiary/aromatic N) is 2. The number of alkyl halides is 1. The van der Waals surface area contributed by atoms with E-state index in [1.807, 2.05) is 12.1 Å². The average molecular weight is 308 g/mol. The normalized spacial score (nSPS) is 10.6. The Bertz CT molecular complexity index is 487. The second kappa shape index (κ2) is 4.51. The van der Waals surface area contributed by atoms with E-state index in [4.69, 9.17) is 27.6 Å². The highest BCUT2D eigenvalue weighted by atomic mass is 79.9. The standard InChI is InChI=1S/C9H5BrCl2N2O/c10-5-1-2-7(12)6(3-5)9-14-13-8(4-11)15-9/h1-3H,4H2. The largest absolute Gasteiger partial charge is 0.419 e. The molecule has 0 aliphatic heterocycles. The van der Waals surface area contributed by atoms with Crippen LogP contribution in [0.2, 0.25) is 5.02 Å². The fourth-order valence-corrected chi connectivity index (χ4v) is 1.75. The monoisotopic (exact) mass is 306 g/mol. The van der Waals surface area contributed by atoms with Crippen LogP contribution in [0, 0.1) is 0 Å². The molecule has 0 unspecified atom stereocenters. The first kappa shape index (κ1) is 10.9. The predicted molar refractivity (Wildman–Crippen MR) is 62.0 cm³/mol. The van der Waals surface area contributed by atoms with E-state index >= 15 is 0 Å². The van der Waals surface area contributed by atoms with Crippen LogP contribution in [0.4, 0.5) is 0 Å². The van der Waals surface area contributed by atoms with Crippen molar-refractivity contribution < 1.29 is 4.42 Å². The summed E-state index contributed by atoms with van der Waals surface area (Å²) in [5.41, 5.74) is 0.690. The number of benzene rings is 1. The third-order valence-electron chi connectivity index (χ3n) is 1.74. The molecule has 0 amide bonds. The van der Waals surface area contributed by atoms with Crippen molar-refractivity contribution in [1.29, 1.82) is 0 Å². The van der Waals surface area contributed by atoms with Gasteiger partial charge in [0, 0.05) is 4.47 Å². The van der Waals surface area contributed by atoms with Crippen LogP contribution in [0.15, 0.2) is 27.1 Å². The molecule has 0 radical (unpaired) electrons. The second-order valence-electron chi connectivity index (χ2n) is 2.76. The van der Waals surface area contributed by atoms with Crippen LogP contribution in [0.3, 0.4) is 0 Å². The molecular weight excluding hydrogens is 303 g/mol. The summed E-state index contributed by atoms with van der Waals surface area (Å²) >= 11 is 14.9. The molecule has 2 rings (SSSR count). The molecule has 1 aromatic carbocycles. The van der Waals surface area contributed by atoms with Crippen LogP contribution in [-0.4, -0.2) is 10.2 Å². The van der Waals surface area contributed by atoms with Crippen molar-refractivity contribution in [3.63, 3.8) is 0 Å². The number of aromatic nitrogens is 2. The highest BCUT2D eigenvalue weighted by Crippen LogP contribution is 2.29. The van der Waals surface area contributed by atoms with Crippen molar-refractivity contribution in [1.82, 2.24) is 10.2 Å². The van der Waals surface area contributed by atoms with Gasteiger partial charge in [-0.25, -0.2) is 0 Å². The van der Waals surface area contributed by atoms with Crippen molar-refractivity contribution >= 4 is 39.1 Å². The summed E-state index contributed by atoms with van der Waals surface area (Å²) in [6, 6.07) is 5.41. The molecule has 0 N–H and O–H groups in total. The van der Waals surface area contributed by atoms with Gasteiger partial charge < -0.3 is 4.42 Å². The summed E-state index contributed by atoms with van der Waals surface area (Å²) in [5, 5.41) is 8.17. The van der Waals surface area contributed by atoms with Crippen molar-refractivity contribution in [2.75, 3.05) is 0 Å². The van der Waals surface area contributed by atoms with Crippen LogP contribution in [0.1, 0.15) is 5.89 Å². The van der Waals surface area contributed by atoms with Gasteiger partial charge in [-0.05, 0) is 18.2 Å². The fourth-order valence-electron chi connectivity index (χ4n) is 1.08. The lowest BCUT2D eigenvalue weighted by Gasteiger charge is -1.98. The molecule has 78 valence electrons. The zero-order chi connectivity index (χ0) is 10.8. The van der Waals surface area contributed by atoms with Gasteiger partial charge >= 0.3 is 0 Å². The van der Waals surface area contributed by atoms with Crippen LogP contribution < -0.4 is 0 Å². The molecule has 0 spiro atoms. The maximum Gasteiger partial charge on any atom is 0.249 e. The van der Waals surface area contributed by atoms with E-state index in [9.17, 15) is 0 Å². The van der Waals surface area contributed by atoms with Crippen LogP contribution in [0.25, 0.3) is 11.5 Å². The Kier molecular flexibility index (Phi) is 3.29. The van der Waals surface area contributed by atoms with Gasteiger partial charge in [-0.2, -0.15) is 0 Å². The first-order valence-corrected chi connectivity index (χ1v) is 5.75. The van der Waals surface area contributed by atoms with Crippen LogP contribution in [0.5, 0.6) is 0 Å². The Balaban J connectivity index is 2.48. The van der Waals surface area contributed by atoms with Crippen molar-refractivity contribution in [2.24, 2.45) is 0 Å². The molecule has 0 saturated carbocycles. The second-order valence-corrected chi connectivity index (χ2v) is 4.35. The van der Waals surface area contributed by atoms with Gasteiger partial charge in [0.2, 0.25) is 11.8 Å². The lowest BCUT2D eigenvalue weighted by atomic mass is 10.2. The molecule has 6 heteroatoms. The predicted octanol–water partition coefficient (Wildman–Crippen LogP) is 3.89. The van der Waals surface area contributed by atoms with Crippen LogP contribution in [-0.2, 0) is 5.88 Å². The van der Waals surface area contributed by atoms with Crippen molar-refractivity contribution in [3.05, 3.63) is 33.6 Å². The van der Waals surface area contributed by atoms with E-state index in [1.165, 1.54) is 0 Å². The minimum atomic E-state index is 0.193. The molecule has 2 aromatic rings. The Morgan fingerprint density at radius 1 is 1.33 bits per heavy atom. The summed E-state index contributed by atoms with van der Waals surface area (Å²) in [6.45, 7) is 0. The molecule has 0 saturated heterocycles. The molecular formula is C9H5BrCl2N2O. The van der Waals surface area contributed by atoms with Gasteiger partial charge in [-0.3, -0.25) is 0 Å². The first-order valence-electron chi connectivity index (χ1n) is 4.04. The first-order chi connectivity index (χ1) is 7.20. The van der Waals surface area contributed by atoms with E-state index in [0.717, 1.165) is 4.47 Å². The summed E-state index contributed by atoms with van der Waals surface area (Å²) in [5.74, 6) is 0.943. The molecule has 1 aromatic heterocycles. The zero-order valence-electron chi connectivity index (χ0n) is 7.38. The van der Waals surface area contributed by atoms with Gasteiger partial charge in [0.05, 0.1) is 10.6 Å². The Hall–Kier alpha value is -0.580. The maximum absolute atomic E-state index is 6.00. The highest BCUT2D eigenvalue weighted by molar-refractivity contribution is 9.10.